The molecular weight excluding hydrogens is 275 g/mol. The van der Waals surface area contributed by atoms with Gasteiger partial charge in [-0.2, -0.15) is 0 Å². The van der Waals surface area contributed by atoms with Gasteiger partial charge in [-0.15, -0.1) is 20.4 Å². The maximum absolute atomic E-state index is 13.5. The molecule has 0 saturated heterocycles. The van der Waals surface area contributed by atoms with Crippen molar-refractivity contribution in [3.63, 3.8) is 0 Å². The van der Waals surface area contributed by atoms with E-state index in [4.69, 9.17) is 11.6 Å². The summed E-state index contributed by atoms with van der Waals surface area (Å²) in [6.45, 7) is -0.0174. The molecule has 1 atom stereocenters. The highest BCUT2D eigenvalue weighted by Crippen LogP contribution is 2.43. The van der Waals surface area contributed by atoms with Crippen molar-refractivity contribution in [2.75, 3.05) is 17.7 Å². The number of hydrogen-bond acceptors (Lipinski definition) is 4. The van der Waals surface area contributed by atoms with Crippen LogP contribution in [0.25, 0.3) is 0 Å². The Morgan fingerprint density at radius 3 is 2.56 bits per heavy atom. The lowest BCUT2D eigenvalue weighted by atomic mass is 10.2. The summed E-state index contributed by atoms with van der Waals surface area (Å²) in [6.07, 6.45) is -4.67. The first-order chi connectivity index (χ1) is 8.41. The lowest BCUT2D eigenvalue weighted by Gasteiger charge is -2.11. The summed E-state index contributed by atoms with van der Waals surface area (Å²) in [5.74, 6) is -1.47. The van der Waals surface area contributed by atoms with E-state index in [1.54, 1.807) is 0 Å². The zero-order valence-electron chi connectivity index (χ0n) is 8.92. The van der Waals surface area contributed by atoms with E-state index in [0.29, 0.717) is 0 Å². The largest absolute Gasteiger partial charge is 0.586 e. The van der Waals surface area contributed by atoms with E-state index >= 15 is 0 Å². The molecule has 4 nitrogen and oxygen atoms in total. The van der Waals surface area contributed by atoms with Crippen LogP contribution in [0.4, 0.5) is 18.9 Å². The highest BCUT2D eigenvalue weighted by molar-refractivity contribution is 6.18. The number of rotatable bonds is 4. The number of aliphatic hydroxyl groups is 1. The van der Waals surface area contributed by atoms with Crippen LogP contribution in [-0.4, -0.2) is 29.9 Å². The second-order valence-electron chi connectivity index (χ2n) is 3.64. The number of fused-ring (bicyclic) bond motifs is 1. The highest BCUT2D eigenvalue weighted by atomic mass is 35.5. The summed E-state index contributed by atoms with van der Waals surface area (Å²) in [5.41, 5.74) is -0.0841. The summed E-state index contributed by atoms with van der Waals surface area (Å²) in [4.78, 5) is 0. The maximum Gasteiger partial charge on any atom is 0.586 e. The van der Waals surface area contributed by atoms with E-state index in [9.17, 15) is 18.3 Å². The molecule has 0 spiro atoms. The number of halogens is 4. The Morgan fingerprint density at radius 1 is 1.33 bits per heavy atom. The van der Waals surface area contributed by atoms with Gasteiger partial charge in [0.2, 0.25) is 0 Å². The van der Waals surface area contributed by atoms with Crippen LogP contribution in [0.2, 0.25) is 0 Å². The van der Waals surface area contributed by atoms with Gasteiger partial charge in [0, 0.05) is 18.7 Å². The molecule has 0 radical (unpaired) electrons. The first-order valence-electron chi connectivity index (χ1n) is 4.98. The Balaban J connectivity index is 2.15. The molecule has 1 aliphatic heterocycles. The fourth-order valence-electron chi connectivity index (χ4n) is 1.39. The zero-order chi connectivity index (χ0) is 13.3. The molecule has 0 fully saturated rings. The molecule has 2 N–H and O–H groups in total. The van der Waals surface area contributed by atoms with Gasteiger partial charge in [0.25, 0.3) is 0 Å². The molecule has 0 aliphatic carbocycles. The number of aliphatic hydroxyl groups excluding tert-OH is 1. The van der Waals surface area contributed by atoms with E-state index in [1.807, 2.05) is 0 Å². The topological polar surface area (TPSA) is 50.7 Å². The maximum atomic E-state index is 13.5. The first-order valence-corrected chi connectivity index (χ1v) is 5.52. The normalized spacial score (nSPS) is 17.6. The lowest BCUT2D eigenvalue weighted by molar-refractivity contribution is -0.286. The SMILES string of the molecule is OC(CCl)CNc1cc2c(cc1F)OC(F)(F)O2. The van der Waals surface area contributed by atoms with Crippen molar-refractivity contribution in [1.82, 2.24) is 0 Å². The van der Waals surface area contributed by atoms with Gasteiger partial charge in [-0.1, -0.05) is 0 Å². The molecule has 8 heteroatoms. The minimum Gasteiger partial charge on any atom is -0.395 e. The average Bonchev–Trinajstić information content (AvgIpc) is 2.58. The van der Waals surface area contributed by atoms with E-state index in [2.05, 4.69) is 14.8 Å². The molecule has 1 aromatic carbocycles. The third kappa shape index (κ3) is 2.73. The van der Waals surface area contributed by atoms with E-state index in [-0.39, 0.29) is 29.6 Å². The van der Waals surface area contributed by atoms with Crippen molar-refractivity contribution < 1.29 is 27.8 Å². The minimum absolute atomic E-state index is 0.0174. The van der Waals surface area contributed by atoms with Crippen molar-refractivity contribution in [3.8, 4) is 11.5 Å². The van der Waals surface area contributed by atoms with E-state index < -0.39 is 18.2 Å². The average molecular weight is 284 g/mol. The summed E-state index contributed by atoms with van der Waals surface area (Å²) < 4.78 is 47.2. The Kier molecular flexibility index (Phi) is 3.45. The number of alkyl halides is 3. The van der Waals surface area contributed by atoms with Crippen LogP contribution in [0.5, 0.6) is 11.5 Å². The fourth-order valence-corrected chi connectivity index (χ4v) is 1.50. The van der Waals surface area contributed by atoms with Crippen molar-refractivity contribution in [1.29, 1.82) is 0 Å². The molecule has 2 rings (SSSR count). The fraction of sp³-hybridized carbons (Fsp3) is 0.400. The Bertz CT molecular complexity index is 458. The molecule has 1 heterocycles. The summed E-state index contributed by atoms with van der Waals surface area (Å²) in [7, 11) is 0. The third-order valence-corrected chi connectivity index (χ3v) is 2.55. The molecule has 1 aromatic rings. The second-order valence-corrected chi connectivity index (χ2v) is 3.94. The predicted octanol–water partition coefficient (Wildman–Crippen LogP) is 2.16. The van der Waals surface area contributed by atoms with Crippen LogP contribution in [-0.2, 0) is 0 Å². The quantitative estimate of drug-likeness (QED) is 0.832. The monoisotopic (exact) mass is 283 g/mol. The van der Waals surface area contributed by atoms with Crippen LogP contribution >= 0.6 is 11.6 Å². The van der Waals surface area contributed by atoms with Crippen LogP contribution in [0.3, 0.4) is 0 Å². The Hall–Kier alpha value is -1.34. The van der Waals surface area contributed by atoms with Crippen LogP contribution in [0.1, 0.15) is 0 Å². The predicted molar refractivity (Wildman–Crippen MR) is 57.8 cm³/mol. The van der Waals surface area contributed by atoms with E-state index in [1.165, 1.54) is 0 Å². The van der Waals surface area contributed by atoms with E-state index in [0.717, 1.165) is 12.1 Å². The Labute approximate surface area is 105 Å². The number of hydrogen-bond donors (Lipinski definition) is 2. The third-order valence-electron chi connectivity index (χ3n) is 2.20. The van der Waals surface area contributed by atoms with Gasteiger partial charge in [0.05, 0.1) is 17.7 Å². The summed E-state index contributed by atoms with van der Waals surface area (Å²) in [6, 6.07) is 1.82. The lowest BCUT2D eigenvalue weighted by Crippen LogP contribution is -2.25. The number of ether oxygens (including phenoxy) is 2. The molecule has 18 heavy (non-hydrogen) atoms. The number of nitrogens with one attached hydrogen (secondary N) is 1. The first kappa shape index (κ1) is 13.1. The van der Waals surface area contributed by atoms with Gasteiger partial charge in [0.1, 0.15) is 5.82 Å². The highest BCUT2D eigenvalue weighted by Gasteiger charge is 2.44. The van der Waals surface area contributed by atoms with Crippen LogP contribution < -0.4 is 14.8 Å². The molecule has 1 unspecified atom stereocenters. The van der Waals surface area contributed by atoms with Gasteiger partial charge >= 0.3 is 6.29 Å². The standard InChI is InChI=1S/C10H9ClF3NO3/c11-3-5(16)4-15-7-2-9-8(1-6(7)12)17-10(13,14)18-9/h1-2,5,15-16H,3-4H2. The molecule has 0 amide bonds. The molecule has 1 aliphatic rings. The van der Waals surface area contributed by atoms with Gasteiger partial charge in [-0.05, 0) is 0 Å². The van der Waals surface area contributed by atoms with Crippen molar-refractivity contribution >= 4 is 17.3 Å². The molecule has 0 bridgehead atoms. The van der Waals surface area contributed by atoms with Crippen LogP contribution in [0.15, 0.2) is 12.1 Å². The van der Waals surface area contributed by atoms with Gasteiger partial charge in [-0.3, -0.25) is 0 Å². The Morgan fingerprint density at radius 2 is 1.94 bits per heavy atom. The van der Waals surface area contributed by atoms with Crippen LogP contribution in [0, 0.1) is 5.82 Å². The van der Waals surface area contributed by atoms with Crippen molar-refractivity contribution in [2.45, 2.75) is 12.4 Å². The van der Waals surface area contributed by atoms with Gasteiger partial charge in [0.15, 0.2) is 11.5 Å². The molecular formula is C10H9ClF3NO3. The summed E-state index contributed by atoms with van der Waals surface area (Å²) >= 11 is 5.36. The minimum atomic E-state index is -3.79. The van der Waals surface area contributed by atoms with Gasteiger partial charge in [-0.25, -0.2) is 4.39 Å². The molecule has 0 aromatic heterocycles. The second kappa shape index (κ2) is 4.74. The zero-order valence-corrected chi connectivity index (χ0v) is 9.68. The molecule has 0 saturated carbocycles. The molecule has 100 valence electrons. The van der Waals surface area contributed by atoms with Crippen molar-refractivity contribution in [3.05, 3.63) is 17.9 Å². The number of benzene rings is 1. The summed E-state index contributed by atoms with van der Waals surface area (Å²) in [5, 5.41) is 11.7. The number of anilines is 1. The van der Waals surface area contributed by atoms with Gasteiger partial charge < -0.3 is 19.9 Å². The smallest absolute Gasteiger partial charge is 0.395 e. The van der Waals surface area contributed by atoms with Crippen molar-refractivity contribution in [2.24, 2.45) is 0 Å².